The Morgan fingerprint density at radius 2 is 1.81 bits per heavy atom. The lowest BCUT2D eigenvalue weighted by Gasteiger charge is -2.12. The average molecular weight is 290 g/mol. The van der Waals surface area contributed by atoms with Gasteiger partial charge >= 0.3 is 0 Å². The summed E-state index contributed by atoms with van der Waals surface area (Å²) in [5, 5.41) is 5.53. The van der Waals surface area contributed by atoms with Gasteiger partial charge in [-0.05, 0) is 42.8 Å². The van der Waals surface area contributed by atoms with E-state index in [1.165, 1.54) is 36.4 Å². The standard InChI is InChI=1S/C16H16F2N2O/c1-2-10-19-15-13(4-3-5-14(15)18)16(21)20-12-8-6-11(17)7-9-12/h3-9,19H,2,10H2,1H3,(H,20,21). The smallest absolute Gasteiger partial charge is 0.257 e. The minimum absolute atomic E-state index is 0.180. The minimum atomic E-state index is -0.477. The summed E-state index contributed by atoms with van der Waals surface area (Å²) in [7, 11) is 0. The number of nitrogens with one attached hydrogen (secondary N) is 2. The van der Waals surface area contributed by atoms with Gasteiger partial charge in [-0.2, -0.15) is 0 Å². The van der Waals surface area contributed by atoms with Crippen molar-refractivity contribution >= 4 is 17.3 Å². The monoisotopic (exact) mass is 290 g/mol. The van der Waals surface area contributed by atoms with Crippen LogP contribution in [0.4, 0.5) is 20.2 Å². The average Bonchev–Trinajstić information content (AvgIpc) is 2.48. The molecule has 0 radical (unpaired) electrons. The molecule has 0 atom stereocenters. The van der Waals surface area contributed by atoms with E-state index in [9.17, 15) is 13.6 Å². The maximum absolute atomic E-state index is 13.8. The molecule has 0 spiro atoms. The molecule has 21 heavy (non-hydrogen) atoms. The van der Waals surface area contributed by atoms with Crippen LogP contribution in [0, 0.1) is 11.6 Å². The number of halogens is 2. The first-order valence-corrected chi connectivity index (χ1v) is 6.71. The Kier molecular flexibility index (Phi) is 4.87. The number of rotatable bonds is 5. The molecule has 0 bridgehead atoms. The Bertz CT molecular complexity index is 627. The molecule has 0 aromatic heterocycles. The van der Waals surface area contributed by atoms with Crippen molar-refractivity contribution < 1.29 is 13.6 Å². The van der Waals surface area contributed by atoms with E-state index in [4.69, 9.17) is 0 Å². The Balaban J connectivity index is 2.22. The summed E-state index contributed by atoms with van der Waals surface area (Å²) < 4.78 is 26.7. The van der Waals surface area contributed by atoms with Crippen LogP contribution in [-0.4, -0.2) is 12.5 Å². The number of benzene rings is 2. The van der Waals surface area contributed by atoms with E-state index in [-0.39, 0.29) is 17.1 Å². The van der Waals surface area contributed by atoms with Gasteiger partial charge in [-0.25, -0.2) is 8.78 Å². The molecular weight excluding hydrogens is 274 g/mol. The normalized spacial score (nSPS) is 10.2. The molecule has 0 aliphatic rings. The molecule has 2 rings (SSSR count). The molecule has 0 aliphatic carbocycles. The predicted octanol–water partition coefficient (Wildman–Crippen LogP) is 4.04. The van der Waals surface area contributed by atoms with E-state index in [0.717, 1.165) is 6.42 Å². The summed E-state index contributed by atoms with van der Waals surface area (Å²) >= 11 is 0. The maximum Gasteiger partial charge on any atom is 0.257 e. The fraction of sp³-hybridized carbons (Fsp3) is 0.188. The van der Waals surface area contributed by atoms with Crippen molar-refractivity contribution in [2.24, 2.45) is 0 Å². The summed E-state index contributed by atoms with van der Waals surface area (Å²) in [4.78, 5) is 12.2. The highest BCUT2D eigenvalue weighted by Gasteiger charge is 2.15. The van der Waals surface area contributed by atoms with Gasteiger partial charge in [-0.1, -0.05) is 13.0 Å². The van der Waals surface area contributed by atoms with Crippen molar-refractivity contribution in [1.82, 2.24) is 0 Å². The van der Waals surface area contributed by atoms with E-state index >= 15 is 0 Å². The zero-order valence-corrected chi connectivity index (χ0v) is 11.6. The van der Waals surface area contributed by atoms with Crippen molar-refractivity contribution in [1.29, 1.82) is 0 Å². The molecule has 0 unspecified atom stereocenters. The lowest BCUT2D eigenvalue weighted by atomic mass is 10.1. The van der Waals surface area contributed by atoms with Gasteiger partial charge in [0.05, 0.1) is 11.3 Å². The van der Waals surface area contributed by atoms with E-state index in [2.05, 4.69) is 10.6 Å². The third-order valence-corrected chi connectivity index (χ3v) is 2.91. The minimum Gasteiger partial charge on any atom is -0.382 e. The van der Waals surface area contributed by atoms with Crippen LogP contribution in [0.25, 0.3) is 0 Å². The molecule has 0 heterocycles. The van der Waals surface area contributed by atoms with Crippen LogP contribution in [0.1, 0.15) is 23.7 Å². The van der Waals surface area contributed by atoms with Crippen LogP contribution in [0.2, 0.25) is 0 Å². The summed E-state index contributed by atoms with van der Waals surface area (Å²) in [5.74, 6) is -1.31. The van der Waals surface area contributed by atoms with Crippen molar-refractivity contribution in [2.45, 2.75) is 13.3 Å². The van der Waals surface area contributed by atoms with Crippen LogP contribution in [-0.2, 0) is 0 Å². The highest BCUT2D eigenvalue weighted by molar-refractivity contribution is 6.08. The van der Waals surface area contributed by atoms with Crippen molar-refractivity contribution in [2.75, 3.05) is 17.2 Å². The number of amides is 1. The fourth-order valence-corrected chi connectivity index (χ4v) is 1.87. The van der Waals surface area contributed by atoms with Gasteiger partial charge < -0.3 is 10.6 Å². The van der Waals surface area contributed by atoms with Gasteiger partial charge in [0.25, 0.3) is 5.91 Å². The van der Waals surface area contributed by atoms with Gasteiger partial charge in [-0.3, -0.25) is 4.79 Å². The lowest BCUT2D eigenvalue weighted by molar-refractivity contribution is 0.102. The number of para-hydroxylation sites is 1. The highest BCUT2D eigenvalue weighted by Crippen LogP contribution is 2.21. The molecule has 110 valence electrons. The summed E-state index contributed by atoms with van der Waals surface area (Å²) in [6.45, 7) is 2.52. The second kappa shape index (κ2) is 6.83. The molecule has 0 fully saturated rings. The van der Waals surface area contributed by atoms with Crippen LogP contribution < -0.4 is 10.6 Å². The molecule has 0 saturated heterocycles. The fourth-order valence-electron chi connectivity index (χ4n) is 1.87. The zero-order valence-electron chi connectivity index (χ0n) is 11.6. The number of carbonyl (C=O) groups is 1. The molecule has 3 nitrogen and oxygen atoms in total. The lowest BCUT2D eigenvalue weighted by Crippen LogP contribution is -2.16. The number of anilines is 2. The molecule has 0 saturated carbocycles. The van der Waals surface area contributed by atoms with Crippen molar-refractivity contribution in [3.63, 3.8) is 0 Å². The number of carbonyl (C=O) groups excluding carboxylic acids is 1. The third-order valence-electron chi connectivity index (χ3n) is 2.91. The second-order valence-corrected chi connectivity index (χ2v) is 4.55. The Labute approximate surface area is 122 Å². The van der Waals surface area contributed by atoms with E-state index in [1.54, 1.807) is 6.07 Å². The maximum atomic E-state index is 13.8. The van der Waals surface area contributed by atoms with E-state index < -0.39 is 11.7 Å². The van der Waals surface area contributed by atoms with E-state index in [1.807, 2.05) is 6.92 Å². The molecule has 2 aromatic carbocycles. The summed E-state index contributed by atoms with van der Waals surface area (Å²) in [6.07, 6.45) is 0.813. The predicted molar refractivity (Wildman–Crippen MR) is 79.5 cm³/mol. The zero-order chi connectivity index (χ0) is 15.2. The molecule has 0 aliphatic heterocycles. The first-order chi connectivity index (χ1) is 10.1. The first-order valence-electron chi connectivity index (χ1n) is 6.71. The molecule has 1 amide bonds. The van der Waals surface area contributed by atoms with Gasteiger partial charge in [0, 0.05) is 12.2 Å². The third kappa shape index (κ3) is 3.78. The highest BCUT2D eigenvalue weighted by atomic mass is 19.1. The van der Waals surface area contributed by atoms with Gasteiger partial charge in [0.15, 0.2) is 0 Å². The number of hydrogen-bond donors (Lipinski definition) is 2. The van der Waals surface area contributed by atoms with Crippen molar-refractivity contribution in [3.05, 3.63) is 59.7 Å². The topological polar surface area (TPSA) is 41.1 Å². The quantitative estimate of drug-likeness (QED) is 0.872. The second-order valence-electron chi connectivity index (χ2n) is 4.55. The van der Waals surface area contributed by atoms with Crippen LogP contribution >= 0.6 is 0 Å². The van der Waals surface area contributed by atoms with Crippen LogP contribution in [0.15, 0.2) is 42.5 Å². The largest absolute Gasteiger partial charge is 0.382 e. The van der Waals surface area contributed by atoms with Gasteiger partial charge in [0.2, 0.25) is 0 Å². The SMILES string of the molecule is CCCNc1c(F)cccc1C(=O)Nc1ccc(F)cc1. The van der Waals surface area contributed by atoms with E-state index in [0.29, 0.717) is 12.2 Å². The Morgan fingerprint density at radius 1 is 1.10 bits per heavy atom. The Morgan fingerprint density at radius 3 is 2.48 bits per heavy atom. The molecule has 2 N–H and O–H groups in total. The summed E-state index contributed by atoms with van der Waals surface area (Å²) in [6, 6.07) is 9.71. The van der Waals surface area contributed by atoms with Crippen LogP contribution in [0.3, 0.4) is 0 Å². The molecular formula is C16H16F2N2O. The molecule has 2 aromatic rings. The number of hydrogen-bond acceptors (Lipinski definition) is 2. The Hall–Kier alpha value is -2.43. The summed E-state index contributed by atoms with van der Waals surface area (Å²) in [5.41, 5.74) is 0.846. The van der Waals surface area contributed by atoms with Gasteiger partial charge in [-0.15, -0.1) is 0 Å². The van der Waals surface area contributed by atoms with Gasteiger partial charge in [0.1, 0.15) is 11.6 Å². The van der Waals surface area contributed by atoms with Crippen LogP contribution in [0.5, 0.6) is 0 Å². The van der Waals surface area contributed by atoms with Crippen molar-refractivity contribution in [3.8, 4) is 0 Å². The first kappa shape index (κ1) is 15.0. The molecule has 5 heteroatoms.